The molecule has 6 nitrogen and oxygen atoms in total. The molecule has 0 amide bonds. The molecular formula is C20H20N2O4. The molecule has 0 spiro atoms. The zero-order valence-electron chi connectivity index (χ0n) is 14.8. The fraction of sp³-hybridized carbons (Fsp3) is 0.250. The minimum absolute atomic E-state index is 0.0387. The second-order valence-corrected chi connectivity index (χ2v) is 6.09. The monoisotopic (exact) mass is 352 g/mol. The number of aromatic nitrogens is 2. The lowest BCUT2D eigenvalue weighted by Crippen LogP contribution is -2.17. The van der Waals surface area contributed by atoms with Gasteiger partial charge < -0.3 is 9.47 Å². The Morgan fingerprint density at radius 1 is 1.08 bits per heavy atom. The number of fused-ring (bicyclic) bond motifs is 1. The van der Waals surface area contributed by atoms with Crippen LogP contribution >= 0.6 is 0 Å². The molecule has 0 saturated heterocycles. The van der Waals surface area contributed by atoms with Gasteiger partial charge in [0.25, 0.3) is 5.56 Å². The second kappa shape index (κ2) is 7.82. The summed E-state index contributed by atoms with van der Waals surface area (Å²) < 4.78 is 12.2. The smallest absolute Gasteiger partial charge is 0.309 e. The van der Waals surface area contributed by atoms with Crippen LogP contribution in [0.15, 0.2) is 53.5 Å². The molecule has 0 bridgehead atoms. The van der Waals surface area contributed by atoms with Crippen molar-refractivity contribution in [2.24, 2.45) is 0 Å². The number of hydrogen-bond acceptors (Lipinski definition) is 5. The molecule has 134 valence electrons. The van der Waals surface area contributed by atoms with Crippen LogP contribution in [-0.2, 0) is 16.1 Å². The van der Waals surface area contributed by atoms with Crippen LogP contribution in [-0.4, -0.2) is 22.0 Å². The van der Waals surface area contributed by atoms with Crippen molar-refractivity contribution in [2.45, 2.75) is 26.9 Å². The summed E-state index contributed by atoms with van der Waals surface area (Å²) >= 11 is 0. The molecule has 2 heterocycles. The molecule has 0 atom stereocenters. The Morgan fingerprint density at radius 2 is 1.81 bits per heavy atom. The maximum Gasteiger partial charge on any atom is 0.309 e. The van der Waals surface area contributed by atoms with E-state index in [2.05, 4.69) is 4.98 Å². The van der Waals surface area contributed by atoms with E-state index in [9.17, 15) is 9.59 Å². The van der Waals surface area contributed by atoms with Gasteiger partial charge in [0.2, 0.25) is 0 Å². The Balaban J connectivity index is 1.52. The molecular weight excluding hydrogens is 332 g/mol. The first-order chi connectivity index (χ1) is 12.5. The van der Waals surface area contributed by atoms with E-state index in [1.165, 1.54) is 10.5 Å². The number of pyridine rings is 1. The third-order valence-electron chi connectivity index (χ3n) is 3.84. The molecule has 0 aliphatic rings. The Labute approximate surface area is 151 Å². The molecule has 6 heteroatoms. The summed E-state index contributed by atoms with van der Waals surface area (Å²) in [6, 6.07) is 12.6. The number of nitrogens with zero attached hydrogens (tertiary/aromatic N) is 2. The van der Waals surface area contributed by atoms with Crippen LogP contribution in [0.3, 0.4) is 0 Å². The number of carbonyl (C=O) groups is 1. The number of carbonyl (C=O) groups excluding carboxylic acids is 1. The van der Waals surface area contributed by atoms with Crippen LogP contribution in [0.1, 0.15) is 23.2 Å². The lowest BCUT2D eigenvalue weighted by atomic mass is 10.2. The van der Waals surface area contributed by atoms with Crippen LogP contribution in [0.4, 0.5) is 0 Å². The van der Waals surface area contributed by atoms with Gasteiger partial charge in [-0.1, -0.05) is 23.8 Å². The van der Waals surface area contributed by atoms with Crippen molar-refractivity contribution >= 4 is 11.6 Å². The van der Waals surface area contributed by atoms with Crippen LogP contribution in [0.25, 0.3) is 5.65 Å². The van der Waals surface area contributed by atoms with E-state index in [0.29, 0.717) is 17.1 Å². The van der Waals surface area contributed by atoms with E-state index in [1.54, 1.807) is 12.3 Å². The summed E-state index contributed by atoms with van der Waals surface area (Å²) in [7, 11) is 0. The SMILES string of the molecule is Cc1ccc(OCCC(=O)OCc2cc(=O)n3cc(C)ccc3n2)cc1. The van der Waals surface area contributed by atoms with Gasteiger partial charge in [-0.15, -0.1) is 0 Å². The van der Waals surface area contributed by atoms with Crippen LogP contribution in [0, 0.1) is 13.8 Å². The zero-order valence-corrected chi connectivity index (χ0v) is 14.8. The molecule has 2 aromatic heterocycles. The van der Waals surface area contributed by atoms with Crippen LogP contribution in [0.2, 0.25) is 0 Å². The highest BCUT2D eigenvalue weighted by molar-refractivity contribution is 5.69. The number of benzene rings is 1. The highest BCUT2D eigenvalue weighted by Crippen LogP contribution is 2.11. The predicted molar refractivity (Wildman–Crippen MR) is 97.3 cm³/mol. The first-order valence-electron chi connectivity index (χ1n) is 8.35. The molecule has 26 heavy (non-hydrogen) atoms. The van der Waals surface area contributed by atoms with E-state index in [4.69, 9.17) is 9.47 Å². The van der Waals surface area contributed by atoms with E-state index in [-0.39, 0.29) is 25.2 Å². The van der Waals surface area contributed by atoms with Crippen molar-refractivity contribution in [3.63, 3.8) is 0 Å². The summed E-state index contributed by atoms with van der Waals surface area (Å²) in [6.45, 7) is 4.09. The molecule has 0 unspecified atom stereocenters. The number of ether oxygens (including phenoxy) is 2. The van der Waals surface area contributed by atoms with Gasteiger partial charge in [-0.05, 0) is 37.6 Å². The molecule has 0 fully saturated rings. The van der Waals surface area contributed by atoms with Gasteiger partial charge in [-0.25, -0.2) is 4.98 Å². The maximum absolute atomic E-state index is 12.1. The average molecular weight is 352 g/mol. The van der Waals surface area contributed by atoms with Crippen molar-refractivity contribution in [3.8, 4) is 5.75 Å². The number of aryl methyl sites for hydroxylation is 2. The molecule has 0 N–H and O–H groups in total. The van der Waals surface area contributed by atoms with Crippen molar-refractivity contribution in [2.75, 3.05) is 6.61 Å². The van der Waals surface area contributed by atoms with Gasteiger partial charge in [-0.3, -0.25) is 14.0 Å². The molecule has 0 aliphatic carbocycles. The fourth-order valence-corrected chi connectivity index (χ4v) is 2.45. The van der Waals surface area contributed by atoms with Gasteiger partial charge in [0.05, 0.1) is 18.7 Å². The summed E-state index contributed by atoms with van der Waals surface area (Å²) in [5, 5.41) is 0. The standard InChI is InChI=1S/C20H20N2O4/c1-14-3-6-17(7-4-14)25-10-9-20(24)26-13-16-11-19(23)22-12-15(2)5-8-18(22)21-16/h3-8,11-12H,9-10,13H2,1-2H3. The Hall–Kier alpha value is -3.15. The van der Waals surface area contributed by atoms with Crippen molar-refractivity contribution in [3.05, 3.63) is 75.8 Å². The molecule has 0 aliphatic heterocycles. The van der Waals surface area contributed by atoms with Gasteiger partial charge in [-0.2, -0.15) is 0 Å². The van der Waals surface area contributed by atoms with E-state index < -0.39 is 5.97 Å². The Morgan fingerprint density at radius 3 is 2.58 bits per heavy atom. The molecule has 0 radical (unpaired) electrons. The number of esters is 1. The highest BCUT2D eigenvalue weighted by atomic mass is 16.5. The van der Waals surface area contributed by atoms with E-state index in [1.807, 2.05) is 44.2 Å². The third-order valence-corrected chi connectivity index (χ3v) is 3.84. The lowest BCUT2D eigenvalue weighted by molar-refractivity contribution is -0.145. The van der Waals surface area contributed by atoms with Gasteiger partial charge in [0, 0.05) is 12.3 Å². The normalized spacial score (nSPS) is 10.7. The molecule has 3 aromatic rings. The van der Waals surface area contributed by atoms with Crippen molar-refractivity contribution < 1.29 is 14.3 Å². The predicted octanol–water partition coefficient (Wildman–Crippen LogP) is 2.82. The van der Waals surface area contributed by atoms with E-state index in [0.717, 1.165) is 11.1 Å². The summed E-state index contributed by atoms with van der Waals surface area (Å²) in [4.78, 5) is 28.3. The van der Waals surface area contributed by atoms with Gasteiger partial charge in [0.1, 0.15) is 18.0 Å². The topological polar surface area (TPSA) is 69.9 Å². The maximum atomic E-state index is 12.1. The van der Waals surface area contributed by atoms with Gasteiger partial charge in [0.15, 0.2) is 0 Å². The highest BCUT2D eigenvalue weighted by Gasteiger charge is 2.07. The molecule has 0 saturated carbocycles. The van der Waals surface area contributed by atoms with Crippen LogP contribution in [0.5, 0.6) is 5.75 Å². The minimum atomic E-state index is -0.400. The summed E-state index contributed by atoms with van der Waals surface area (Å²) in [5.74, 6) is 0.311. The first kappa shape index (κ1) is 17.7. The summed E-state index contributed by atoms with van der Waals surface area (Å²) in [5.41, 5.74) is 2.86. The Bertz CT molecular complexity index is 977. The zero-order chi connectivity index (χ0) is 18.5. The summed E-state index contributed by atoms with van der Waals surface area (Å²) in [6.07, 6.45) is 1.85. The fourth-order valence-electron chi connectivity index (χ4n) is 2.45. The van der Waals surface area contributed by atoms with Crippen molar-refractivity contribution in [1.29, 1.82) is 0 Å². The Kier molecular flexibility index (Phi) is 5.31. The van der Waals surface area contributed by atoms with Gasteiger partial charge >= 0.3 is 5.97 Å². The average Bonchev–Trinajstić information content (AvgIpc) is 2.62. The first-order valence-corrected chi connectivity index (χ1v) is 8.35. The molecule has 1 aromatic carbocycles. The number of rotatable bonds is 6. The third kappa shape index (κ3) is 4.47. The lowest BCUT2D eigenvalue weighted by Gasteiger charge is -2.08. The minimum Gasteiger partial charge on any atom is -0.493 e. The second-order valence-electron chi connectivity index (χ2n) is 6.09. The van der Waals surface area contributed by atoms with E-state index >= 15 is 0 Å². The largest absolute Gasteiger partial charge is 0.493 e. The number of hydrogen-bond donors (Lipinski definition) is 0. The quantitative estimate of drug-likeness (QED) is 0.638. The van der Waals surface area contributed by atoms with Crippen molar-refractivity contribution in [1.82, 2.24) is 9.38 Å². The molecule has 3 rings (SSSR count). The van der Waals surface area contributed by atoms with Crippen LogP contribution < -0.4 is 10.3 Å².